The number of hydrogen-bond donors (Lipinski definition) is 3. The zero-order valence-electron chi connectivity index (χ0n) is 31.1. The lowest BCUT2D eigenvalue weighted by molar-refractivity contribution is 0.0697. The van der Waals surface area contributed by atoms with Gasteiger partial charge in [-0.1, -0.05) is 72.8 Å². The normalized spacial score (nSPS) is 11.1. The highest BCUT2D eigenvalue weighted by atomic mass is 16.4. The molecule has 0 saturated heterocycles. The van der Waals surface area contributed by atoms with Crippen LogP contribution in [-0.4, -0.2) is 50.6 Å². The van der Waals surface area contributed by atoms with Crippen LogP contribution in [-0.2, 0) is 12.8 Å². The summed E-state index contributed by atoms with van der Waals surface area (Å²) in [6.07, 6.45) is 4.34. The maximum absolute atomic E-state index is 13.6. The number of pyridine rings is 4. The minimum Gasteiger partial charge on any atom is -0.478 e. The Labute approximate surface area is 334 Å². The summed E-state index contributed by atoms with van der Waals surface area (Å²) in [6, 6.07) is 42.5. The predicted molar refractivity (Wildman–Crippen MR) is 224 cm³/mol. The molecule has 0 amide bonds. The molecule has 0 saturated carbocycles. The summed E-state index contributed by atoms with van der Waals surface area (Å²) in [4.78, 5) is 47.5. The number of rotatable bonds is 7. The molecule has 4 aromatic carbocycles. The molecule has 0 fully saturated rings. The minimum atomic E-state index is -1.06. The van der Waals surface area contributed by atoms with Crippen molar-refractivity contribution in [2.24, 2.45) is 0 Å². The van der Waals surface area contributed by atoms with E-state index in [0.29, 0.717) is 74.0 Å². The molecule has 0 bridgehead atoms. The largest absolute Gasteiger partial charge is 0.478 e. The molecule has 10 aromatic rings. The second-order valence-corrected chi connectivity index (χ2v) is 13.7. The van der Waals surface area contributed by atoms with E-state index in [1.54, 1.807) is 59.4 Å². The molecule has 0 aliphatic rings. The fraction of sp³-hybridized carbons (Fsp3) is 0.0435. The standard InChI is InChI=1S/C23H15N5O.C23H16N4O3/c24-14-16-8-4-9-17(12-16)28-22-18(10-5-11-25-22)21-20(23(28)29)19(26-27-21)13-15-6-2-1-3-7-15;28-22-19-18(12-14-6-2-1-3-7-14)25-26-20(19)17-10-5-11-24-21(17)27(22)16-9-4-8-15(13-16)23(29)30/h1-12H,13H2,(H,26,27);1-11,13H,12H2,(H,25,26)(H,29,30). The smallest absolute Gasteiger partial charge is 0.335 e. The van der Waals surface area contributed by atoms with Crippen LogP contribution < -0.4 is 11.1 Å². The molecule has 284 valence electrons. The summed E-state index contributed by atoms with van der Waals surface area (Å²) >= 11 is 0. The molecule has 0 radical (unpaired) electrons. The van der Waals surface area contributed by atoms with Crippen LogP contribution in [0.5, 0.6) is 0 Å². The van der Waals surface area contributed by atoms with Crippen LogP contribution >= 0.6 is 0 Å². The van der Waals surface area contributed by atoms with E-state index in [-0.39, 0.29) is 16.7 Å². The van der Waals surface area contributed by atoms with Crippen LogP contribution in [0.1, 0.15) is 38.4 Å². The molecule has 0 aliphatic heterocycles. The van der Waals surface area contributed by atoms with E-state index in [0.717, 1.165) is 22.2 Å². The van der Waals surface area contributed by atoms with Gasteiger partial charge in [0, 0.05) is 36.0 Å². The first kappa shape index (κ1) is 36.2. The molecular weight excluding hydrogens is 743 g/mol. The van der Waals surface area contributed by atoms with E-state index in [2.05, 4.69) is 36.4 Å². The Morgan fingerprint density at radius 2 is 1.10 bits per heavy atom. The van der Waals surface area contributed by atoms with Gasteiger partial charge in [0.15, 0.2) is 0 Å². The van der Waals surface area contributed by atoms with Gasteiger partial charge in [0.2, 0.25) is 0 Å². The molecule has 59 heavy (non-hydrogen) atoms. The van der Waals surface area contributed by atoms with Crippen LogP contribution in [0.4, 0.5) is 0 Å². The Morgan fingerprint density at radius 1 is 0.610 bits per heavy atom. The Hall–Kier alpha value is -8.50. The van der Waals surface area contributed by atoms with Gasteiger partial charge in [-0.2, -0.15) is 15.5 Å². The van der Waals surface area contributed by atoms with Gasteiger partial charge in [0.25, 0.3) is 11.1 Å². The number of H-pyrrole nitrogens is 2. The summed E-state index contributed by atoms with van der Waals surface area (Å²) < 4.78 is 3.01. The van der Waals surface area contributed by atoms with Gasteiger partial charge in [0.05, 0.1) is 50.7 Å². The second-order valence-electron chi connectivity index (χ2n) is 13.7. The number of carboxylic acids is 1. The molecule has 6 aromatic heterocycles. The maximum Gasteiger partial charge on any atom is 0.335 e. The number of nitriles is 1. The van der Waals surface area contributed by atoms with Crippen molar-refractivity contribution < 1.29 is 9.90 Å². The van der Waals surface area contributed by atoms with Crippen molar-refractivity contribution in [1.29, 1.82) is 5.26 Å². The fourth-order valence-electron chi connectivity index (χ4n) is 7.37. The number of nitrogens with one attached hydrogen (secondary N) is 2. The number of hydrogen-bond acceptors (Lipinski definition) is 8. The number of fused-ring (bicyclic) bond motifs is 6. The molecule has 3 N–H and O–H groups in total. The lowest BCUT2D eigenvalue weighted by atomic mass is 10.1. The van der Waals surface area contributed by atoms with Gasteiger partial charge >= 0.3 is 5.97 Å². The van der Waals surface area contributed by atoms with Crippen molar-refractivity contribution in [3.8, 4) is 17.4 Å². The topological polar surface area (TPSA) is 188 Å². The number of aromatic nitrogens is 8. The molecule has 0 aliphatic carbocycles. The van der Waals surface area contributed by atoms with Crippen LogP contribution in [0.15, 0.2) is 155 Å². The highest BCUT2D eigenvalue weighted by Crippen LogP contribution is 2.27. The quantitative estimate of drug-likeness (QED) is 0.150. The Morgan fingerprint density at radius 3 is 1.59 bits per heavy atom. The van der Waals surface area contributed by atoms with Crippen molar-refractivity contribution in [3.63, 3.8) is 0 Å². The third-order valence-corrected chi connectivity index (χ3v) is 10.1. The molecule has 0 unspecified atom stereocenters. The summed E-state index contributed by atoms with van der Waals surface area (Å²) in [5.41, 5.74) is 6.82. The van der Waals surface area contributed by atoms with Crippen molar-refractivity contribution in [2.75, 3.05) is 0 Å². The summed E-state index contributed by atoms with van der Waals surface area (Å²) in [5, 5.41) is 36.1. The Bertz CT molecular complexity index is 3380. The molecular formula is C46H31N9O4. The third kappa shape index (κ3) is 6.66. The van der Waals surface area contributed by atoms with Crippen LogP contribution in [0, 0.1) is 11.3 Å². The Balaban J connectivity index is 0.000000152. The van der Waals surface area contributed by atoms with Crippen LogP contribution in [0.25, 0.3) is 55.2 Å². The first-order valence-corrected chi connectivity index (χ1v) is 18.5. The minimum absolute atomic E-state index is 0.0975. The maximum atomic E-state index is 13.6. The number of aromatic carboxylic acids is 1. The van der Waals surface area contributed by atoms with Gasteiger partial charge < -0.3 is 5.11 Å². The molecule has 13 heteroatoms. The van der Waals surface area contributed by atoms with Gasteiger partial charge in [-0.05, 0) is 71.8 Å². The molecule has 0 spiro atoms. The number of carbonyl (C=O) groups is 1. The van der Waals surface area contributed by atoms with Gasteiger partial charge in [0.1, 0.15) is 22.3 Å². The summed E-state index contributed by atoms with van der Waals surface area (Å²) in [7, 11) is 0. The summed E-state index contributed by atoms with van der Waals surface area (Å²) in [6.45, 7) is 0. The number of aromatic amines is 2. The molecule has 6 heterocycles. The van der Waals surface area contributed by atoms with Gasteiger partial charge in [-0.3, -0.25) is 28.9 Å². The van der Waals surface area contributed by atoms with E-state index in [4.69, 9.17) is 0 Å². The molecule has 10 rings (SSSR count). The highest BCUT2D eigenvalue weighted by Gasteiger charge is 2.21. The molecule has 0 atom stereocenters. The average Bonchev–Trinajstić information content (AvgIpc) is 3.90. The first-order chi connectivity index (χ1) is 28.9. The predicted octanol–water partition coefficient (Wildman–Crippen LogP) is 7.28. The second kappa shape index (κ2) is 15.2. The summed E-state index contributed by atoms with van der Waals surface area (Å²) in [5.74, 6) is -1.06. The first-order valence-electron chi connectivity index (χ1n) is 18.5. The van der Waals surface area contributed by atoms with Gasteiger partial charge in [-0.25, -0.2) is 14.8 Å². The van der Waals surface area contributed by atoms with E-state index >= 15 is 0 Å². The highest BCUT2D eigenvalue weighted by molar-refractivity contribution is 6.04. The Kier molecular flexibility index (Phi) is 9.32. The van der Waals surface area contributed by atoms with Crippen molar-refractivity contribution in [1.82, 2.24) is 39.5 Å². The zero-order valence-corrected chi connectivity index (χ0v) is 31.1. The number of benzene rings is 4. The van der Waals surface area contributed by atoms with Crippen LogP contribution in [0.3, 0.4) is 0 Å². The zero-order chi connectivity index (χ0) is 40.5. The lowest BCUT2D eigenvalue weighted by Crippen LogP contribution is -2.20. The van der Waals surface area contributed by atoms with Crippen molar-refractivity contribution in [2.45, 2.75) is 12.8 Å². The van der Waals surface area contributed by atoms with E-state index < -0.39 is 5.97 Å². The van der Waals surface area contributed by atoms with E-state index in [1.165, 1.54) is 16.7 Å². The van der Waals surface area contributed by atoms with Gasteiger partial charge in [-0.15, -0.1) is 0 Å². The van der Waals surface area contributed by atoms with E-state index in [9.17, 15) is 24.8 Å². The monoisotopic (exact) mass is 773 g/mol. The fourth-order valence-corrected chi connectivity index (χ4v) is 7.37. The molecule has 13 nitrogen and oxygen atoms in total. The lowest BCUT2D eigenvalue weighted by Gasteiger charge is -2.11. The van der Waals surface area contributed by atoms with Crippen molar-refractivity contribution >= 4 is 49.8 Å². The third-order valence-electron chi connectivity index (χ3n) is 10.1. The SMILES string of the molecule is N#Cc1cccc(-n2c(=O)c3c(Cc4ccccc4)[nH]nc3c3cccnc32)c1.O=C(O)c1cccc(-n2c(=O)c3c(Cc4ccccc4)[nH]nc3c3cccnc32)c1. The van der Waals surface area contributed by atoms with E-state index in [1.807, 2.05) is 78.9 Å². The number of nitrogens with zero attached hydrogens (tertiary/aromatic N) is 7. The number of carboxylic acid groups (broad SMARTS) is 1. The average molecular weight is 774 g/mol. The van der Waals surface area contributed by atoms with Crippen molar-refractivity contribution in [3.05, 3.63) is 200 Å². The van der Waals surface area contributed by atoms with Crippen LogP contribution in [0.2, 0.25) is 0 Å².